The molecule has 3 aromatic rings. The predicted molar refractivity (Wildman–Crippen MR) is 105 cm³/mol. The van der Waals surface area contributed by atoms with Gasteiger partial charge in [-0.2, -0.15) is 0 Å². The van der Waals surface area contributed by atoms with Gasteiger partial charge in [-0.1, -0.05) is 37.3 Å². The molecule has 1 aliphatic heterocycles. The number of rotatable bonds is 4. The molecule has 0 fully saturated rings. The lowest BCUT2D eigenvalue weighted by molar-refractivity contribution is -0.143. The third kappa shape index (κ3) is 2.98. The molecule has 27 heavy (non-hydrogen) atoms. The van der Waals surface area contributed by atoms with Crippen LogP contribution in [0.5, 0.6) is 5.75 Å². The summed E-state index contributed by atoms with van der Waals surface area (Å²) in [6.45, 7) is 2.12. The van der Waals surface area contributed by atoms with Crippen molar-refractivity contribution in [2.75, 3.05) is 14.2 Å². The molecule has 2 aromatic carbocycles. The molecule has 5 nitrogen and oxygen atoms in total. The van der Waals surface area contributed by atoms with E-state index in [0.717, 1.165) is 39.9 Å². The van der Waals surface area contributed by atoms with Gasteiger partial charge in [0, 0.05) is 28.6 Å². The lowest BCUT2D eigenvalue weighted by Crippen LogP contribution is -2.45. The van der Waals surface area contributed by atoms with Crippen molar-refractivity contribution in [2.45, 2.75) is 31.8 Å². The topological polar surface area (TPSA) is 63.3 Å². The number of methoxy groups -OCH3 is 2. The first-order valence-corrected chi connectivity index (χ1v) is 9.26. The van der Waals surface area contributed by atoms with Gasteiger partial charge in [-0.05, 0) is 29.7 Å². The van der Waals surface area contributed by atoms with Crippen LogP contribution in [0.1, 0.15) is 35.3 Å². The van der Waals surface area contributed by atoms with Crippen molar-refractivity contribution in [3.8, 4) is 5.75 Å². The number of aromatic nitrogens is 1. The SMILES string of the molecule is CCc1ccc(C2NC(C(=O)OC)Cc3c2[nH]c2ccccc32)c(OC)c1. The average Bonchev–Trinajstić information content (AvgIpc) is 3.10. The van der Waals surface area contributed by atoms with Crippen molar-refractivity contribution >= 4 is 16.9 Å². The molecule has 0 saturated carbocycles. The number of H-pyrrole nitrogens is 1. The van der Waals surface area contributed by atoms with Crippen molar-refractivity contribution in [1.29, 1.82) is 0 Å². The minimum absolute atomic E-state index is 0.175. The van der Waals surface area contributed by atoms with E-state index >= 15 is 0 Å². The van der Waals surface area contributed by atoms with Crippen LogP contribution in [0.3, 0.4) is 0 Å². The maximum atomic E-state index is 12.3. The molecule has 0 amide bonds. The summed E-state index contributed by atoms with van der Waals surface area (Å²) in [6.07, 6.45) is 1.54. The smallest absolute Gasteiger partial charge is 0.323 e. The monoisotopic (exact) mass is 364 g/mol. The van der Waals surface area contributed by atoms with Gasteiger partial charge < -0.3 is 14.5 Å². The van der Waals surface area contributed by atoms with Crippen LogP contribution in [0.4, 0.5) is 0 Å². The molecule has 0 radical (unpaired) electrons. The quantitative estimate of drug-likeness (QED) is 0.696. The van der Waals surface area contributed by atoms with Crippen molar-refractivity contribution in [1.82, 2.24) is 10.3 Å². The number of aryl methyl sites for hydroxylation is 1. The van der Waals surface area contributed by atoms with E-state index in [1.807, 2.05) is 12.1 Å². The predicted octanol–water partition coefficient (Wildman–Crippen LogP) is 3.52. The van der Waals surface area contributed by atoms with E-state index in [1.54, 1.807) is 7.11 Å². The Kier molecular flexibility index (Phi) is 4.62. The molecule has 2 heterocycles. The molecular formula is C22H24N2O3. The molecule has 1 aliphatic rings. The first-order valence-electron chi connectivity index (χ1n) is 9.26. The van der Waals surface area contributed by atoms with E-state index in [2.05, 4.69) is 47.6 Å². The second-order valence-corrected chi connectivity index (χ2v) is 6.87. The molecule has 2 N–H and O–H groups in total. The van der Waals surface area contributed by atoms with E-state index in [0.29, 0.717) is 6.42 Å². The number of nitrogens with one attached hydrogen (secondary N) is 2. The summed E-state index contributed by atoms with van der Waals surface area (Å²) in [5.41, 5.74) is 5.54. The van der Waals surface area contributed by atoms with Gasteiger partial charge >= 0.3 is 5.97 Å². The Balaban J connectivity index is 1.88. The second-order valence-electron chi connectivity index (χ2n) is 6.87. The number of ether oxygens (including phenoxy) is 2. The van der Waals surface area contributed by atoms with Gasteiger partial charge in [0.1, 0.15) is 11.8 Å². The standard InChI is InChI=1S/C22H24N2O3/c1-4-13-9-10-15(19(11-13)26-2)20-21-16(12-18(24-20)22(25)27-3)14-7-5-6-8-17(14)23-21/h5-11,18,20,23-24H,4,12H2,1-3H3. The van der Waals surface area contributed by atoms with Crippen LogP contribution in [-0.4, -0.2) is 31.2 Å². The average molecular weight is 364 g/mol. The van der Waals surface area contributed by atoms with Crippen molar-refractivity contribution in [3.63, 3.8) is 0 Å². The summed E-state index contributed by atoms with van der Waals surface area (Å²) in [5.74, 6) is 0.571. The molecular weight excluding hydrogens is 340 g/mol. The Hall–Kier alpha value is -2.79. The normalized spacial score (nSPS) is 18.9. The number of para-hydroxylation sites is 1. The number of hydrogen-bond donors (Lipinski definition) is 2. The van der Waals surface area contributed by atoms with Crippen LogP contribution in [-0.2, 0) is 22.4 Å². The summed E-state index contributed by atoms with van der Waals surface area (Å²) >= 11 is 0. The fourth-order valence-electron chi connectivity index (χ4n) is 3.99. The van der Waals surface area contributed by atoms with Crippen molar-refractivity contribution in [3.05, 3.63) is 64.8 Å². The maximum Gasteiger partial charge on any atom is 0.323 e. The molecule has 0 aliphatic carbocycles. The fraction of sp³-hybridized carbons (Fsp3) is 0.318. The second kappa shape index (κ2) is 7.08. The first-order chi connectivity index (χ1) is 13.2. The van der Waals surface area contributed by atoms with E-state index < -0.39 is 6.04 Å². The summed E-state index contributed by atoms with van der Waals surface area (Å²) in [4.78, 5) is 15.9. The molecule has 0 bridgehead atoms. The third-order valence-electron chi connectivity index (χ3n) is 5.41. The van der Waals surface area contributed by atoms with Gasteiger partial charge in [-0.15, -0.1) is 0 Å². The third-order valence-corrected chi connectivity index (χ3v) is 5.41. The largest absolute Gasteiger partial charge is 0.496 e. The van der Waals surface area contributed by atoms with Gasteiger partial charge in [-0.25, -0.2) is 0 Å². The van der Waals surface area contributed by atoms with Crippen LogP contribution in [0.15, 0.2) is 42.5 Å². The molecule has 4 rings (SSSR count). The molecule has 140 valence electrons. The summed E-state index contributed by atoms with van der Waals surface area (Å²) < 4.78 is 10.7. The number of fused-ring (bicyclic) bond motifs is 3. The maximum absolute atomic E-state index is 12.3. The molecule has 2 unspecified atom stereocenters. The van der Waals surface area contributed by atoms with Crippen LogP contribution < -0.4 is 10.1 Å². The van der Waals surface area contributed by atoms with E-state index in [9.17, 15) is 4.79 Å². The molecule has 0 spiro atoms. The van der Waals surface area contributed by atoms with Gasteiger partial charge in [-0.3, -0.25) is 10.1 Å². The minimum atomic E-state index is -0.401. The number of carbonyl (C=O) groups excluding carboxylic acids is 1. The summed E-state index contributed by atoms with van der Waals surface area (Å²) in [7, 11) is 3.12. The molecule has 5 heteroatoms. The van der Waals surface area contributed by atoms with Gasteiger partial charge in [0.15, 0.2) is 0 Å². The highest BCUT2D eigenvalue weighted by atomic mass is 16.5. The van der Waals surface area contributed by atoms with Crippen molar-refractivity contribution < 1.29 is 14.3 Å². The Labute approximate surface area is 158 Å². The fourth-order valence-corrected chi connectivity index (χ4v) is 3.99. The molecule has 2 atom stereocenters. The Morgan fingerprint density at radius 2 is 2.00 bits per heavy atom. The summed E-state index contributed by atoms with van der Waals surface area (Å²) in [5, 5.41) is 4.61. The Morgan fingerprint density at radius 3 is 2.74 bits per heavy atom. The summed E-state index contributed by atoms with van der Waals surface area (Å²) in [6, 6.07) is 13.9. The molecule has 0 saturated heterocycles. The minimum Gasteiger partial charge on any atom is -0.496 e. The molecule has 1 aromatic heterocycles. The van der Waals surface area contributed by atoms with E-state index in [4.69, 9.17) is 9.47 Å². The number of aromatic amines is 1. The lowest BCUT2D eigenvalue weighted by atomic mass is 9.89. The van der Waals surface area contributed by atoms with Crippen molar-refractivity contribution in [2.24, 2.45) is 0 Å². The zero-order valence-electron chi connectivity index (χ0n) is 15.8. The highest BCUT2D eigenvalue weighted by Crippen LogP contribution is 2.38. The van der Waals surface area contributed by atoms with Crippen LogP contribution in [0, 0.1) is 0 Å². The van der Waals surface area contributed by atoms with Crippen LogP contribution in [0.2, 0.25) is 0 Å². The van der Waals surface area contributed by atoms with E-state index in [-0.39, 0.29) is 12.0 Å². The van der Waals surface area contributed by atoms with Crippen LogP contribution in [0.25, 0.3) is 10.9 Å². The van der Waals surface area contributed by atoms with Gasteiger partial charge in [0.2, 0.25) is 0 Å². The Bertz CT molecular complexity index is 992. The zero-order chi connectivity index (χ0) is 19.0. The van der Waals surface area contributed by atoms with Gasteiger partial charge in [0.25, 0.3) is 0 Å². The number of benzene rings is 2. The zero-order valence-corrected chi connectivity index (χ0v) is 15.8. The first kappa shape index (κ1) is 17.6. The lowest BCUT2D eigenvalue weighted by Gasteiger charge is -2.31. The van der Waals surface area contributed by atoms with E-state index in [1.165, 1.54) is 12.7 Å². The highest BCUT2D eigenvalue weighted by Gasteiger charge is 2.35. The van der Waals surface area contributed by atoms with Gasteiger partial charge in [0.05, 0.1) is 20.3 Å². The number of carbonyl (C=O) groups is 1. The highest BCUT2D eigenvalue weighted by molar-refractivity contribution is 5.87. The van der Waals surface area contributed by atoms with Crippen LogP contribution >= 0.6 is 0 Å². The number of hydrogen-bond acceptors (Lipinski definition) is 4. The number of esters is 1. The Morgan fingerprint density at radius 1 is 1.19 bits per heavy atom.